The van der Waals surface area contributed by atoms with Crippen molar-refractivity contribution in [2.45, 2.75) is 51.7 Å². The van der Waals surface area contributed by atoms with Crippen molar-refractivity contribution in [1.82, 2.24) is 0 Å². The lowest BCUT2D eigenvalue weighted by molar-refractivity contribution is 0.294. The topological polar surface area (TPSA) is 9.23 Å². The Balaban J connectivity index is 3.67. The Morgan fingerprint density at radius 1 is 1.23 bits per heavy atom. The lowest BCUT2D eigenvalue weighted by atomic mass is 10.4. The molecule has 80 valence electrons. The molecule has 0 aromatic carbocycles. The minimum atomic E-state index is -1.33. The fraction of sp³-hybridized carbons (Fsp3) is 1.00. The van der Waals surface area contributed by atoms with E-state index in [0.717, 1.165) is 12.4 Å². The highest BCUT2D eigenvalue weighted by atomic mass is 32.1. The van der Waals surface area contributed by atoms with E-state index in [2.05, 4.69) is 33.0 Å². The van der Waals surface area contributed by atoms with Gasteiger partial charge in [-0.05, 0) is 37.2 Å². The molecule has 1 atom stereocenters. The van der Waals surface area contributed by atoms with Crippen LogP contribution in [0.15, 0.2) is 0 Å². The van der Waals surface area contributed by atoms with Crippen LogP contribution in [0.2, 0.25) is 18.6 Å². The van der Waals surface area contributed by atoms with Gasteiger partial charge in [0, 0.05) is 6.61 Å². The summed E-state index contributed by atoms with van der Waals surface area (Å²) in [5.74, 6) is 1.000. The first-order chi connectivity index (χ1) is 6.18. The van der Waals surface area contributed by atoms with Crippen LogP contribution in [0.1, 0.15) is 33.1 Å². The summed E-state index contributed by atoms with van der Waals surface area (Å²) < 4.78 is 6.03. The summed E-state index contributed by atoms with van der Waals surface area (Å²) in [6, 6.07) is 2.52. The molecule has 0 saturated heterocycles. The van der Waals surface area contributed by atoms with E-state index in [1.54, 1.807) is 0 Å². The molecule has 0 aliphatic carbocycles. The summed E-state index contributed by atoms with van der Waals surface area (Å²) in [6.45, 7) is 7.80. The zero-order valence-electron chi connectivity index (χ0n) is 9.31. The smallest absolute Gasteiger partial charge is 0.189 e. The van der Waals surface area contributed by atoms with Crippen molar-refractivity contribution >= 4 is 20.9 Å². The molecule has 0 amide bonds. The van der Waals surface area contributed by atoms with Crippen LogP contribution in [0.5, 0.6) is 0 Å². The lowest BCUT2D eigenvalue weighted by Gasteiger charge is -2.25. The number of rotatable bonds is 8. The van der Waals surface area contributed by atoms with Crippen molar-refractivity contribution in [3.63, 3.8) is 0 Å². The Morgan fingerprint density at radius 3 is 2.38 bits per heavy atom. The maximum absolute atomic E-state index is 6.03. The zero-order valence-corrected chi connectivity index (χ0v) is 11.2. The lowest BCUT2D eigenvalue weighted by Crippen LogP contribution is -2.33. The Labute approximate surface area is 89.8 Å². The van der Waals surface area contributed by atoms with Gasteiger partial charge in [-0.1, -0.05) is 20.3 Å². The van der Waals surface area contributed by atoms with Gasteiger partial charge in [0.2, 0.25) is 0 Å². The van der Waals surface area contributed by atoms with Gasteiger partial charge in [-0.2, -0.15) is 12.6 Å². The van der Waals surface area contributed by atoms with Crippen molar-refractivity contribution in [3.05, 3.63) is 0 Å². The second-order valence-corrected chi connectivity index (χ2v) is 8.68. The molecule has 0 spiro atoms. The SMILES string of the molecule is CCCCO[Si](C)(CC)CCCS. The molecular formula is C10H24OSSi. The molecule has 0 saturated carbocycles. The third kappa shape index (κ3) is 6.58. The highest BCUT2D eigenvalue weighted by Crippen LogP contribution is 2.19. The van der Waals surface area contributed by atoms with E-state index >= 15 is 0 Å². The van der Waals surface area contributed by atoms with Crippen LogP contribution in [0, 0.1) is 0 Å². The summed E-state index contributed by atoms with van der Waals surface area (Å²) in [5, 5.41) is 0. The van der Waals surface area contributed by atoms with Gasteiger partial charge in [0.25, 0.3) is 0 Å². The standard InChI is InChI=1S/C10H24OSSi/c1-4-6-8-11-13(3,5-2)10-7-9-12/h12H,4-10H2,1-3H3. The van der Waals surface area contributed by atoms with Gasteiger partial charge in [0.1, 0.15) is 0 Å². The Kier molecular flexibility index (Phi) is 8.21. The largest absolute Gasteiger partial charge is 0.417 e. The van der Waals surface area contributed by atoms with E-state index in [1.807, 2.05) is 0 Å². The highest BCUT2D eigenvalue weighted by molar-refractivity contribution is 7.80. The third-order valence-corrected chi connectivity index (χ3v) is 6.68. The van der Waals surface area contributed by atoms with Crippen LogP contribution in [-0.4, -0.2) is 20.7 Å². The summed E-state index contributed by atoms with van der Waals surface area (Å²) in [4.78, 5) is 0. The third-order valence-electron chi connectivity index (χ3n) is 2.56. The van der Waals surface area contributed by atoms with E-state index in [4.69, 9.17) is 4.43 Å². The molecule has 0 aliphatic heterocycles. The maximum atomic E-state index is 6.03. The first kappa shape index (κ1) is 13.5. The molecule has 3 heteroatoms. The van der Waals surface area contributed by atoms with E-state index in [0.29, 0.717) is 0 Å². The minimum absolute atomic E-state index is 0.972. The first-order valence-electron chi connectivity index (χ1n) is 5.43. The molecule has 0 rings (SSSR count). The minimum Gasteiger partial charge on any atom is -0.417 e. The average Bonchev–Trinajstić information content (AvgIpc) is 2.15. The van der Waals surface area contributed by atoms with Crippen LogP contribution in [0.25, 0.3) is 0 Å². The molecule has 0 radical (unpaired) electrons. The molecule has 0 bridgehead atoms. The molecule has 1 nitrogen and oxygen atoms in total. The summed E-state index contributed by atoms with van der Waals surface area (Å²) >= 11 is 4.25. The van der Waals surface area contributed by atoms with Crippen molar-refractivity contribution in [2.24, 2.45) is 0 Å². The van der Waals surface area contributed by atoms with Crippen LogP contribution < -0.4 is 0 Å². The van der Waals surface area contributed by atoms with Gasteiger partial charge in [-0.25, -0.2) is 0 Å². The van der Waals surface area contributed by atoms with Crippen LogP contribution in [-0.2, 0) is 4.43 Å². The predicted octanol–water partition coefficient (Wildman–Crippen LogP) is 3.72. The van der Waals surface area contributed by atoms with Gasteiger partial charge in [-0.15, -0.1) is 0 Å². The number of unbranched alkanes of at least 4 members (excludes halogenated alkanes) is 1. The fourth-order valence-corrected chi connectivity index (χ4v) is 3.99. The Hall–Kier alpha value is 0.527. The van der Waals surface area contributed by atoms with Crippen molar-refractivity contribution in [1.29, 1.82) is 0 Å². The highest BCUT2D eigenvalue weighted by Gasteiger charge is 2.25. The van der Waals surface area contributed by atoms with Crippen LogP contribution in [0.4, 0.5) is 0 Å². The molecular weight excluding hydrogens is 196 g/mol. The second-order valence-electron chi connectivity index (χ2n) is 3.83. The fourth-order valence-electron chi connectivity index (χ4n) is 1.27. The normalized spacial score (nSPS) is 15.7. The van der Waals surface area contributed by atoms with E-state index in [9.17, 15) is 0 Å². The summed E-state index contributed by atoms with van der Waals surface area (Å²) in [7, 11) is -1.33. The molecule has 0 heterocycles. The van der Waals surface area contributed by atoms with Crippen LogP contribution >= 0.6 is 12.6 Å². The molecule has 0 N–H and O–H groups in total. The van der Waals surface area contributed by atoms with Gasteiger partial charge in [0.15, 0.2) is 8.32 Å². The quantitative estimate of drug-likeness (QED) is 0.373. The van der Waals surface area contributed by atoms with Gasteiger partial charge < -0.3 is 4.43 Å². The molecule has 0 aromatic heterocycles. The van der Waals surface area contributed by atoms with E-state index in [-0.39, 0.29) is 0 Å². The van der Waals surface area contributed by atoms with Crippen molar-refractivity contribution in [2.75, 3.05) is 12.4 Å². The zero-order chi connectivity index (χ0) is 10.2. The number of hydrogen-bond acceptors (Lipinski definition) is 2. The number of hydrogen-bond donors (Lipinski definition) is 1. The maximum Gasteiger partial charge on any atom is 0.189 e. The molecule has 1 unspecified atom stereocenters. The predicted molar refractivity (Wildman–Crippen MR) is 66.2 cm³/mol. The summed E-state index contributed by atoms with van der Waals surface area (Å²) in [6.07, 6.45) is 3.66. The Morgan fingerprint density at radius 2 is 1.92 bits per heavy atom. The average molecular weight is 220 g/mol. The van der Waals surface area contributed by atoms with E-state index in [1.165, 1.54) is 31.4 Å². The molecule has 0 aliphatic rings. The first-order valence-corrected chi connectivity index (χ1v) is 8.89. The number of thiol groups is 1. The monoisotopic (exact) mass is 220 g/mol. The van der Waals surface area contributed by atoms with Gasteiger partial charge in [-0.3, -0.25) is 0 Å². The molecule has 0 fully saturated rings. The van der Waals surface area contributed by atoms with Gasteiger partial charge >= 0.3 is 0 Å². The van der Waals surface area contributed by atoms with E-state index < -0.39 is 8.32 Å². The summed E-state index contributed by atoms with van der Waals surface area (Å²) in [5.41, 5.74) is 0. The van der Waals surface area contributed by atoms with Crippen molar-refractivity contribution in [3.8, 4) is 0 Å². The second kappa shape index (κ2) is 7.89. The van der Waals surface area contributed by atoms with Crippen LogP contribution in [0.3, 0.4) is 0 Å². The van der Waals surface area contributed by atoms with Crippen molar-refractivity contribution < 1.29 is 4.43 Å². The Bertz CT molecular complexity index is 121. The molecule has 13 heavy (non-hydrogen) atoms. The molecule has 0 aromatic rings. The van der Waals surface area contributed by atoms with Gasteiger partial charge in [0.05, 0.1) is 0 Å².